The summed E-state index contributed by atoms with van der Waals surface area (Å²) in [7, 11) is 0. The summed E-state index contributed by atoms with van der Waals surface area (Å²) < 4.78 is 11.7. The molecule has 2 aliphatic rings. The van der Waals surface area contributed by atoms with E-state index in [1.165, 1.54) is 12.8 Å². The summed E-state index contributed by atoms with van der Waals surface area (Å²) in [6, 6.07) is 2.64. The summed E-state index contributed by atoms with van der Waals surface area (Å²) in [5.41, 5.74) is 0. The Morgan fingerprint density at radius 1 is 1.32 bits per heavy atom. The van der Waals surface area contributed by atoms with Gasteiger partial charge in [-0.1, -0.05) is 0 Å². The summed E-state index contributed by atoms with van der Waals surface area (Å²) in [4.78, 5) is 2.40. The number of ether oxygens (including phenoxy) is 2. The van der Waals surface area contributed by atoms with Gasteiger partial charge in [-0.05, 0) is 39.0 Å². The van der Waals surface area contributed by atoms with E-state index in [2.05, 4.69) is 17.9 Å². The van der Waals surface area contributed by atoms with Crippen LogP contribution >= 0.6 is 0 Å². The molecule has 0 aromatic carbocycles. The molecule has 0 amide bonds. The monoisotopic (exact) mass is 266 g/mol. The van der Waals surface area contributed by atoms with E-state index in [9.17, 15) is 0 Å². The van der Waals surface area contributed by atoms with Crippen molar-refractivity contribution < 1.29 is 9.47 Å². The zero-order chi connectivity index (χ0) is 13.5. The van der Waals surface area contributed by atoms with Crippen LogP contribution in [-0.4, -0.2) is 49.5 Å². The first-order valence-electron chi connectivity index (χ1n) is 7.64. The first kappa shape index (κ1) is 14.8. The van der Waals surface area contributed by atoms with Crippen molar-refractivity contribution in [3.8, 4) is 6.07 Å². The molecule has 0 radical (unpaired) electrons. The molecule has 0 bridgehead atoms. The average molecular weight is 266 g/mol. The Bertz CT molecular complexity index is 289. The lowest BCUT2D eigenvalue weighted by molar-refractivity contribution is -0.0766. The third-order valence-corrected chi connectivity index (χ3v) is 4.28. The number of hydrogen-bond donors (Lipinski definition) is 0. The minimum Gasteiger partial charge on any atom is -0.376 e. The fraction of sp³-hybridized carbons (Fsp3) is 0.933. The van der Waals surface area contributed by atoms with Crippen LogP contribution in [0.2, 0.25) is 0 Å². The molecule has 19 heavy (non-hydrogen) atoms. The number of piperidine rings is 1. The van der Waals surface area contributed by atoms with Gasteiger partial charge in [0.1, 0.15) is 0 Å². The molecule has 0 aromatic heterocycles. The number of nitrogens with zero attached hydrogens (tertiary/aromatic N) is 2. The van der Waals surface area contributed by atoms with Crippen LogP contribution < -0.4 is 0 Å². The van der Waals surface area contributed by atoms with Gasteiger partial charge in [-0.25, -0.2) is 0 Å². The molecule has 4 nitrogen and oxygen atoms in total. The third-order valence-electron chi connectivity index (χ3n) is 4.28. The SMILES string of the molecule is C[C@@H](CC#N)N1CCC(OC[C@@H]2CCCCO2)CC1. The molecule has 2 aliphatic heterocycles. The van der Waals surface area contributed by atoms with Crippen molar-refractivity contribution in [2.24, 2.45) is 0 Å². The minimum absolute atomic E-state index is 0.323. The quantitative estimate of drug-likeness (QED) is 0.766. The number of rotatable bonds is 5. The van der Waals surface area contributed by atoms with E-state index in [0.29, 0.717) is 24.7 Å². The molecule has 2 atom stereocenters. The molecular weight excluding hydrogens is 240 g/mol. The van der Waals surface area contributed by atoms with Gasteiger partial charge in [0.2, 0.25) is 0 Å². The van der Waals surface area contributed by atoms with Gasteiger partial charge < -0.3 is 9.47 Å². The smallest absolute Gasteiger partial charge is 0.0808 e. The maximum atomic E-state index is 8.73. The fourth-order valence-electron chi connectivity index (χ4n) is 2.93. The summed E-state index contributed by atoms with van der Waals surface area (Å²) in [5.74, 6) is 0. The van der Waals surface area contributed by atoms with Gasteiger partial charge in [-0.15, -0.1) is 0 Å². The van der Waals surface area contributed by atoms with Gasteiger partial charge >= 0.3 is 0 Å². The Balaban J connectivity index is 1.62. The predicted octanol–water partition coefficient (Wildman–Crippen LogP) is 2.34. The van der Waals surface area contributed by atoms with Crippen molar-refractivity contribution in [1.82, 2.24) is 4.90 Å². The molecule has 0 unspecified atom stereocenters. The maximum absolute atomic E-state index is 8.73. The van der Waals surface area contributed by atoms with E-state index < -0.39 is 0 Å². The first-order chi connectivity index (χ1) is 9.29. The number of nitriles is 1. The van der Waals surface area contributed by atoms with Crippen LogP contribution in [0, 0.1) is 11.3 Å². The highest BCUT2D eigenvalue weighted by molar-refractivity contribution is 4.83. The molecule has 4 heteroatoms. The summed E-state index contributed by atoms with van der Waals surface area (Å²) in [5, 5.41) is 8.73. The second-order valence-corrected chi connectivity index (χ2v) is 5.77. The van der Waals surface area contributed by atoms with Crippen LogP contribution in [-0.2, 0) is 9.47 Å². The van der Waals surface area contributed by atoms with E-state index in [0.717, 1.165) is 45.6 Å². The topological polar surface area (TPSA) is 45.5 Å². The van der Waals surface area contributed by atoms with Gasteiger partial charge in [-0.2, -0.15) is 5.26 Å². The fourth-order valence-corrected chi connectivity index (χ4v) is 2.93. The zero-order valence-corrected chi connectivity index (χ0v) is 12.0. The highest BCUT2D eigenvalue weighted by Gasteiger charge is 2.24. The van der Waals surface area contributed by atoms with Crippen molar-refractivity contribution >= 4 is 0 Å². The normalized spacial score (nSPS) is 27.9. The number of hydrogen-bond acceptors (Lipinski definition) is 4. The molecule has 2 heterocycles. The van der Waals surface area contributed by atoms with E-state index in [4.69, 9.17) is 14.7 Å². The van der Waals surface area contributed by atoms with Gasteiger partial charge in [0.05, 0.1) is 31.3 Å². The lowest BCUT2D eigenvalue weighted by Gasteiger charge is -2.35. The average Bonchev–Trinajstić information content (AvgIpc) is 2.47. The lowest BCUT2D eigenvalue weighted by Crippen LogP contribution is -2.42. The molecule has 2 rings (SSSR count). The van der Waals surface area contributed by atoms with E-state index in [1.807, 2.05) is 0 Å². The van der Waals surface area contributed by atoms with E-state index in [-0.39, 0.29) is 0 Å². The van der Waals surface area contributed by atoms with E-state index in [1.54, 1.807) is 0 Å². The van der Waals surface area contributed by atoms with Crippen molar-refractivity contribution in [3.63, 3.8) is 0 Å². The molecule has 2 fully saturated rings. The summed E-state index contributed by atoms with van der Waals surface area (Å²) in [6.07, 6.45) is 7.13. The van der Waals surface area contributed by atoms with Crippen molar-refractivity contribution in [1.29, 1.82) is 5.26 Å². The van der Waals surface area contributed by atoms with Crippen LogP contribution in [0.25, 0.3) is 0 Å². The zero-order valence-electron chi connectivity index (χ0n) is 12.0. The molecule has 2 saturated heterocycles. The Morgan fingerprint density at radius 2 is 2.11 bits per heavy atom. The van der Waals surface area contributed by atoms with Gasteiger partial charge in [0, 0.05) is 25.7 Å². The standard InChI is InChI=1S/C15H26N2O2/c1-13(5-8-16)17-9-6-14(7-10-17)19-12-15-4-2-3-11-18-15/h13-15H,2-7,9-12H2,1H3/t13-,15-/m0/s1. The second-order valence-electron chi connectivity index (χ2n) is 5.77. The Kier molecular flexibility index (Phi) is 6.09. The number of likely N-dealkylation sites (tertiary alicyclic amines) is 1. The Hall–Kier alpha value is -0.630. The van der Waals surface area contributed by atoms with Gasteiger partial charge in [0.15, 0.2) is 0 Å². The highest BCUT2D eigenvalue weighted by atomic mass is 16.5. The first-order valence-corrected chi connectivity index (χ1v) is 7.64. The molecular formula is C15H26N2O2. The molecule has 0 aliphatic carbocycles. The lowest BCUT2D eigenvalue weighted by atomic mass is 10.0. The molecule has 0 spiro atoms. The van der Waals surface area contributed by atoms with Gasteiger partial charge in [-0.3, -0.25) is 4.90 Å². The van der Waals surface area contributed by atoms with Crippen molar-refractivity contribution in [3.05, 3.63) is 0 Å². The van der Waals surface area contributed by atoms with Crippen LogP contribution in [0.4, 0.5) is 0 Å². The van der Waals surface area contributed by atoms with Crippen molar-refractivity contribution in [2.75, 3.05) is 26.3 Å². The van der Waals surface area contributed by atoms with Crippen LogP contribution in [0.1, 0.15) is 45.4 Å². The Morgan fingerprint density at radius 3 is 2.74 bits per heavy atom. The third kappa shape index (κ3) is 4.76. The van der Waals surface area contributed by atoms with Crippen LogP contribution in [0.15, 0.2) is 0 Å². The molecule has 0 aromatic rings. The minimum atomic E-state index is 0.323. The van der Waals surface area contributed by atoms with E-state index >= 15 is 0 Å². The highest BCUT2D eigenvalue weighted by Crippen LogP contribution is 2.19. The largest absolute Gasteiger partial charge is 0.376 e. The van der Waals surface area contributed by atoms with Crippen LogP contribution in [0.5, 0.6) is 0 Å². The molecule has 0 saturated carbocycles. The van der Waals surface area contributed by atoms with Crippen molar-refractivity contribution in [2.45, 2.75) is 63.7 Å². The molecule has 108 valence electrons. The second kappa shape index (κ2) is 7.84. The summed E-state index contributed by atoms with van der Waals surface area (Å²) >= 11 is 0. The van der Waals surface area contributed by atoms with Crippen LogP contribution in [0.3, 0.4) is 0 Å². The maximum Gasteiger partial charge on any atom is 0.0808 e. The Labute approximate surface area is 116 Å². The van der Waals surface area contributed by atoms with Gasteiger partial charge in [0.25, 0.3) is 0 Å². The summed E-state index contributed by atoms with van der Waals surface area (Å²) in [6.45, 7) is 5.91. The predicted molar refractivity (Wildman–Crippen MR) is 73.8 cm³/mol. The molecule has 0 N–H and O–H groups in total.